The van der Waals surface area contributed by atoms with Crippen molar-refractivity contribution in [3.05, 3.63) is 83.9 Å². The second-order valence-electron chi connectivity index (χ2n) is 13.0. The summed E-state index contributed by atoms with van der Waals surface area (Å²) in [6.07, 6.45) is 11.1. The molecule has 43 heavy (non-hydrogen) atoms. The van der Waals surface area contributed by atoms with Crippen molar-refractivity contribution < 1.29 is 23.7 Å². The van der Waals surface area contributed by atoms with Crippen LogP contribution in [0.4, 0.5) is 0 Å². The van der Waals surface area contributed by atoms with Crippen LogP contribution in [-0.2, 0) is 36.9 Å². The van der Waals surface area contributed by atoms with E-state index in [2.05, 4.69) is 69.3 Å². The number of rotatable bonds is 19. The van der Waals surface area contributed by atoms with Gasteiger partial charge in [-0.3, -0.25) is 0 Å². The molecule has 2 aliphatic rings. The van der Waals surface area contributed by atoms with Gasteiger partial charge >= 0.3 is 267 Å². The van der Waals surface area contributed by atoms with Gasteiger partial charge < -0.3 is 0 Å². The quantitative estimate of drug-likeness (QED) is 0.108. The summed E-state index contributed by atoms with van der Waals surface area (Å²) >= 11 is -2.34. The van der Waals surface area contributed by atoms with Crippen molar-refractivity contribution in [1.29, 1.82) is 0 Å². The van der Waals surface area contributed by atoms with E-state index >= 15 is 0 Å². The molecule has 4 rings (SSSR count). The fraction of sp³-hybridized carbons (Fsp3) is 0.622. The van der Waals surface area contributed by atoms with E-state index in [1.807, 2.05) is 38.1 Å². The molecule has 0 aromatic heterocycles. The topological polar surface area (TPSA) is 46.2 Å². The molecule has 0 bridgehead atoms. The molecular formula is C37H56O5Sn. The third-order valence-electron chi connectivity index (χ3n) is 8.98. The predicted octanol–water partition coefficient (Wildman–Crippen LogP) is 9.44. The first kappa shape index (κ1) is 34.6. The fourth-order valence-electron chi connectivity index (χ4n) is 6.54. The van der Waals surface area contributed by atoms with Crippen molar-refractivity contribution in [3.63, 3.8) is 0 Å². The zero-order chi connectivity index (χ0) is 30.5. The van der Waals surface area contributed by atoms with Crippen LogP contribution in [0.15, 0.2) is 72.8 Å². The van der Waals surface area contributed by atoms with Crippen molar-refractivity contribution in [2.45, 2.75) is 141 Å². The minimum absolute atomic E-state index is 0.269. The normalized spacial score (nSPS) is 24.0. The molecule has 2 aliphatic heterocycles. The molecule has 2 aromatic carbocycles. The third-order valence-corrected chi connectivity index (χ3v) is 24.2. The van der Waals surface area contributed by atoms with Gasteiger partial charge in [0.05, 0.1) is 0 Å². The van der Waals surface area contributed by atoms with Crippen LogP contribution >= 0.6 is 0 Å². The first-order chi connectivity index (χ1) is 20.9. The number of hydrogen-bond donors (Lipinski definition) is 0. The number of allylic oxidation sites excluding steroid dienone is 1. The summed E-state index contributed by atoms with van der Waals surface area (Å²) in [7, 11) is 0. The van der Waals surface area contributed by atoms with E-state index in [-0.39, 0.29) is 24.4 Å². The van der Waals surface area contributed by atoms with E-state index in [0.29, 0.717) is 13.2 Å². The van der Waals surface area contributed by atoms with Gasteiger partial charge in [0.1, 0.15) is 0 Å². The molecule has 0 spiro atoms. The molecule has 0 aliphatic carbocycles. The molecule has 2 fully saturated rings. The molecule has 6 heteroatoms. The molecule has 2 saturated heterocycles. The summed E-state index contributed by atoms with van der Waals surface area (Å²) in [5, 5.41) is 0. The number of hydrogen-bond acceptors (Lipinski definition) is 5. The van der Waals surface area contributed by atoms with Crippen LogP contribution in [0.2, 0.25) is 17.7 Å². The number of benzene rings is 2. The van der Waals surface area contributed by atoms with E-state index in [1.54, 1.807) is 0 Å². The van der Waals surface area contributed by atoms with Gasteiger partial charge in [-0.2, -0.15) is 0 Å². The Morgan fingerprint density at radius 3 is 1.91 bits per heavy atom. The third kappa shape index (κ3) is 10.4. The van der Waals surface area contributed by atoms with E-state index in [0.717, 1.165) is 11.1 Å². The summed E-state index contributed by atoms with van der Waals surface area (Å²) in [6.45, 7) is 11.9. The molecule has 2 heterocycles. The van der Waals surface area contributed by atoms with E-state index in [9.17, 15) is 0 Å². The molecule has 0 N–H and O–H groups in total. The molecule has 2 aromatic rings. The first-order valence-electron chi connectivity index (χ1n) is 16.9. The first-order valence-corrected chi connectivity index (χ1v) is 24.9. The standard InChI is InChI=1S/C25H29O5.3C4H9.Sn/c1-4-11-20(26-16-18-12-7-5-8-13-18)21-22(27-17-19-14-9-6-10-15-19)23-24(28-21)30-25(2,3)29-23;3*1-3-4-2;/h4-15,20-24H,1,16-17H2,2-3H3;3*1,3-4H2,2H3;/b11-4+;;;;/t20-,21-,22+,23-,24-;;;;/m1..../s1. The van der Waals surface area contributed by atoms with Gasteiger partial charge in [0.15, 0.2) is 0 Å². The van der Waals surface area contributed by atoms with Crippen LogP contribution in [0.5, 0.6) is 0 Å². The number of unbranched alkanes of at least 4 members (excludes halogenated alkanes) is 3. The maximum absolute atomic E-state index is 6.69. The fourth-order valence-corrected chi connectivity index (χ4v) is 21.7. The van der Waals surface area contributed by atoms with Crippen LogP contribution in [0, 0.1) is 0 Å². The maximum atomic E-state index is 6.69. The Kier molecular flexibility index (Phi) is 14.1. The van der Waals surface area contributed by atoms with Gasteiger partial charge in [0.25, 0.3) is 0 Å². The van der Waals surface area contributed by atoms with Crippen LogP contribution < -0.4 is 0 Å². The van der Waals surface area contributed by atoms with Gasteiger partial charge in [0.2, 0.25) is 0 Å². The monoisotopic (exact) mass is 700 g/mol. The van der Waals surface area contributed by atoms with Crippen LogP contribution in [-0.4, -0.2) is 54.9 Å². The molecule has 0 radical (unpaired) electrons. The van der Waals surface area contributed by atoms with Crippen molar-refractivity contribution >= 4 is 18.4 Å². The summed E-state index contributed by atoms with van der Waals surface area (Å²) < 4.78 is 38.2. The molecule has 5 nitrogen and oxygen atoms in total. The van der Waals surface area contributed by atoms with Crippen LogP contribution in [0.3, 0.4) is 0 Å². The van der Waals surface area contributed by atoms with Crippen molar-refractivity contribution in [1.82, 2.24) is 0 Å². The number of ether oxygens (including phenoxy) is 5. The van der Waals surface area contributed by atoms with Gasteiger partial charge in [-0.05, 0) is 0 Å². The van der Waals surface area contributed by atoms with Crippen LogP contribution in [0.25, 0.3) is 0 Å². The molecule has 0 unspecified atom stereocenters. The van der Waals surface area contributed by atoms with Crippen molar-refractivity contribution in [2.75, 3.05) is 0 Å². The molecule has 0 amide bonds. The Labute approximate surface area is 265 Å². The molecule has 238 valence electrons. The zero-order valence-electron chi connectivity index (χ0n) is 27.3. The van der Waals surface area contributed by atoms with E-state index < -0.39 is 30.5 Å². The van der Waals surface area contributed by atoms with Crippen molar-refractivity contribution in [3.8, 4) is 0 Å². The van der Waals surface area contributed by atoms with Crippen molar-refractivity contribution in [2.24, 2.45) is 0 Å². The number of fused-ring (bicyclic) bond motifs is 1. The predicted molar refractivity (Wildman–Crippen MR) is 178 cm³/mol. The Hall–Kier alpha value is -1.22. The Bertz CT molecular complexity index is 1050. The van der Waals surface area contributed by atoms with Gasteiger partial charge in [-0.25, -0.2) is 0 Å². The Morgan fingerprint density at radius 2 is 1.35 bits per heavy atom. The second kappa shape index (κ2) is 17.5. The zero-order valence-corrected chi connectivity index (χ0v) is 30.2. The summed E-state index contributed by atoms with van der Waals surface area (Å²) in [5.74, 6) is -0.712. The van der Waals surface area contributed by atoms with Gasteiger partial charge in [-0.15, -0.1) is 0 Å². The van der Waals surface area contributed by atoms with E-state index in [4.69, 9.17) is 23.7 Å². The van der Waals surface area contributed by atoms with Crippen LogP contribution in [0.1, 0.15) is 84.3 Å². The summed E-state index contributed by atoms with van der Waals surface area (Å²) in [6, 6.07) is 20.7. The van der Waals surface area contributed by atoms with E-state index in [1.165, 1.54) is 56.3 Å². The summed E-state index contributed by atoms with van der Waals surface area (Å²) in [4.78, 5) is 0. The SMILES string of the molecule is CCC[CH2][Sn]([CH2]/C=C/[C@@H](OCc1ccccc1)[C@H]1O[C@@H]2OC(C)(C)O[C@@H]2[C@H]1OCc1ccccc1)([CH2]CCC)[CH2]CCC. The average Bonchev–Trinajstić information content (AvgIpc) is 3.50. The second-order valence-corrected chi connectivity index (χ2v) is 27.0. The molecule has 5 atom stereocenters. The Morgan fingerprint density at radius 1 is 0.791 bits per heavy atom. The average molecular weight is 700 g/mol. The summed E-state index contributed by atoms with van der Waals surface area (Å²) in [5.41, 5.74) is 2.28. The molecular weight excluding hydrogens is 643 g/mol. The minimum atomic E-state index is -2.34. The molecule has 0 saturated carbocycles. The Balaban J connectivity index is 1.58. The van der Waals surface area contributed by atoms with Gasteiger partial charge in [-0.1, -0.05) is 0 Å². The van der Waals surface area contributed by atoms with Gasteiger partial charge in [0, 0.05) is 0 Å².